The maximum absolute atomic E-state index is 12.6. The number of aromatic nitrogens is 2. The summed E-state index contributed by atoms with van der Waals surface area (Å²) in [7, 11) is 0. The van der Waals surface area contributed by atoms with Crippen molar-refractivity contribution < 1.29 is 27.4 Å². The number of benzene rings is 1. The first kappa shape index (κ1) is 24.2. The minimum atomic E-state index is -4.78. The topological polar surface area (TPSA) is 64.2 Å². The molecular formula is C22H21Cl2F3N2O3. The summed E-state index contributed by atoms with van der Waals surface area (Å²) < 4.78 is 47.1. The number of nitrogens with one attached hydrogen (secondary N) is 1. The molecule has 0 saturated heterocycles. The zero-order valence-electron chi connectivity index (χ0n) is 17.8. The second kappa shape index (κ2) is 8.83. The molecule has 1 aromatic carbocycles. The lowest BCUT2D eigenvalue weighted by Gasteiger charge is -2.20. The molecule has 3 rings (SSSR count). The normalized spacial score (nSPS) is 12.3. The number of hydrogen-bond acceptors (Lipinski definition) is 4. The van der Waals surface area contributed by atoms with Crippen LogP contribution in [0, 0.1) is 6.92 Å². The smallest absolute Gasteiger partial charge is 0.460 e. The van der Waals surface area contributed by atoms with Gasteiger partial charge in [-0.3, -0.25) is 4.79 Å². The van der Waals surface area contributed by atoms with Crippen LogP contribution in [-0.4, -0.2) is 27.9 Å². The molecule has 2 aromatic heterocycles. The minimum Gasteiger partial charge on any atom is -0.460 e. The third kappa shape index (κ3) is 5.86. The van der Waals surface area contributed by atoms with Gasteiger partial charge in [0.15, 0.2) is 0 Å². The van der Waals surface area contributed by atoms with Crippen LogP contribution >= 0.6 is 23.2 Å². The number of ether oxygens (including phenoxy) is 2. The largest absolute Gasteiger partial charge is 0.573 e. The molecule has 0 unspecified atom stereocenters. The van der Waals surface area contributed by atoms with Gasteiger partial charge in [0.2, 0.25) is 0 Å². The lowest BCUT2D eigenvalue weighted by atomic mass is 10.0. The number of aromatic amines is 1. The number of nitrogens with zero attached hydrogens (tertiary/aromatic N) is 1. The van der Waals surface area contributed by atoms with Crippen LogP contribution in [0.1, 0.15) is 43.0 Å². The van der Waals surface area contributed by atoms with E-state index in [0.29, 0.717) is 27.2 Å². The summed E-state index contributed by atoms with van der Waals surface area (Å²) in [6.45, 7) is 6.98. The molecule has 172 valence electrons. The Bertz CT molecular complexity index is 1170. The average molecular weight is 489 g/mol. The van der Waals surface area contributed by atoms with E-state index in [9.17, 15) is 18.0 Å². The van der Waals surface area contributed by atoms with E-state index in [1.165, 1.54) is 18.3 Å². The number of carbonyl (C=O) groups excluding carboxylic acids is 1. The number of esters is 1. The van der Waals surface area contributed by atoms with Crippen molar-refractivity contribution in [3.05, 3.63) is 57.0 Å². The van der Waals surface area contributed by atoms with Gasteiger partial charge >= 0.3 is 12.3 Å². The van der Waals surface area contributed by atoms with Gasteiger partial charge in [0.25, 0.3) is 0 Å². The van der Waals surface area contributed by atoms with Crippen LogP contribution in [0.2, 0.25) is 10.2 Å². The van der Waals surface area contributed by atoms with Gasteiger partial charge in [0, 0.05) is 46.9 Å². The highest BCUT2D eigenvalue weighted by atomic mass is 35.5. The second-order valence-corrected chi connectivity index (χ2v) is 9.07. The summed E-state index contributed by atoms with van der Waals surface area (Å²) in [5.74, 6) is -0.761. The third-order valence-corrected chi connectivity index (χ3v) is 5.31. The lowest BCUT2D eigenvalue weighted by Crippen LogP contribution is -2.25. The van der Waals surface area contributed by atoms with E-state index in [1.54, 1.807) is 33.9 Å². The Hall–Kier alpha value is -2.45. The molecule has 0 radical (unpaired) electrons. The molecule has 5 nitrogen and oxygen atoms in total. The molecule has 0 bridgehead atoms. The highest BCUT2D eigenvalue weighted by molar-refractivity contribution is 6.36. The summed E-state index contributed by atoms with van der Waals surface area (Å²) in [4.78, 5) is 19.3. The van der Waals surface area contributed by atoms with Crippen LogP contribution in [0.4, 0.5) is 13.2 Å². The number of alkyl halides is 3. The van der Waals surface area contributed by atoms with Crippen LogP contribution < -0.4 is 4.74 Å². The Kier molecular flexibility index (Phi) is 6.67. The Morgan fingerprint density at radius 1 is 1.16 bits per heavy atom. The molecule has 0 atom stereocenters. The SMILES string of the molecule is Cc1cc(OC(F)(F)F)cc2[nH]cc(Cc3c(Cl)ncc(CC(=O)OC(C)(C)C)c3Cl)c12. The van der Waals surface area contributed by atoms with Crippen LogP contribution in [0.25, 0.3) is 10.9 Å². The predicted octanol–water partition coefficient (Wildman–Crippen LogP) is 6.55. The number of carbonyl (C=O) groups is 1. The first-order valence-electron chi connectivity index (χ1n) is 9.63. The number of aryl methyl sites for hydroxylation is 1. The molecule has 0 fully saturated rings. The molecule has 10 heteroatoms. The number of hydrogen-bond donors (Lipinski definition) is 1. The van der Waals surface area contributed by atoms with Gasteiger partial charge in [-0.15, -0.1) is 13.2 Å². The number of fused-ring (bicyclic) bond motifs is 1. The first-order chi connectivity index (χ1) is 14.7. The number of H-pyrrole nitrogens is 1. The molecule has 1 N–H and O–H groups in total. The molecule has 0 aliphatic rings. The van der Waals surface area contributed by atoms with Gasteiger partial charge in [-0.25, -0.2) is 4.98 Å². The number of pyridine rings is 1. The molecule has 2 heterocycles. The van der Waals surface area contributed by atoms with Crippen molar-refractivity contribution in [3.63, 3.8) is 0 Å². The Morgan fingerprint density at radius 3 is 2.47 bits per heavy atom. The summed E-state index contributed by atoms with van der Waals surface area (Å²) in [5, 5.41) is 1.19. The van der Waals surface area contributed by atoms with Gasteiger partial charge in [0.1, 0.15) is 16.5 Å². The summed E-state index contributed by atoms with van der Waals surface area (Å²) >= 11 is 12.8. The van der Waals surface area contributed by atoms with Crippen molar-refractivity contribution in [3.8, 4) is 5.75 Å². The highest BCUT2D eigenvalue weighted by Gasteiger charge is 2.31. The summed E-state index contributed by atoms with van der Waals surface area (Å²) in [6, 6.07) is 2.59. The first-order valence-corrected chi connectivity index (χ1v) is 10.4. The lowest BCUT2D eigenvalue weighted by molar-refractivity contribution is -0.274. The van der Waals surface area contributed by atoms with Crippen LogP contribution in [-0.2, 0) is 22.4 Å². The van der Waals surface area contributed by atoms with Gasteiger partial charge in [0.05, 0.1) is 11.4 Å². The van der Waals surface area contributed by atoms with Crippen molar-refractivity contribution in [2.24, 2.45) is 0 Å². The molecular weight excluding hydrogens is 468 g/mol. The van der Waals surface area contributed by atoms with Gasteiger partial charge in [-0.2, -0.15) is 0 Å². The maximum Gasteiger partial charge on any atom is 0.573 e. The van der Waals surface area contributed by atoms with Gasteiger partial charge in [-0.1, -0.05) is 23.2 Å². The number of rotatable bonds is 5. The van der Waals surface area contributed by atoms with Crippen LogP contribution in [0.15, 0.2) is 24.5 Å². The van der Waals surface area contributed by atoms with Gasteiger partial charge < -0.3 is 14.5 Å². The molecule has 3 aromatic rings. The minimum absolute atomic E-state index is 0.0711. The fraction of sp³-hybridized carbons (Fsp3) is 0.364. The summed E-state index contributed by atoms with van der Waals surface area (Å²) in [5.41, 5.74) is 2.16. The van der Waals surface area contributed by atoms with Gasteiger partial charge in [-0.05, 0) is 44.9 Å². The third-order valence-electron chi connectivity index (χ3n) is 4.52. The molecule has 0 aliphatic heterocycles. The fourth-order valence-electron chi connectivity index (χ4n) is 3.41. The average Bonchev–Trinajstić information content (AvgIpc) is 3.01. The highest BCUT2D eigenvalue weighted by Crippen LogP contribution is 2.34. The van der Waals surface area contributed by atoms with Crippen LogP contribution in [0.3, 0.4) is 0 Å². The fourth-order valence-corrected chi connectivity index (χ4v) is 3.94. The molecule has 0 aliphatic carbocycles. The van der Waals surface area contributed by atoms with E-state index in [0.717, 1.165) is 10.9 Å². The number of halogens is 5. The van der Waals surface area contributed by atoms with E-state index >= 15 is 0 Å². The molecule has 32 heavy (non-hydrogen) atoms. The van der Waals surface area contributed by atoms with E-state index in [2.05, 4.69) is 14.7 Å². The second-order valence-electron chi connectivity index (χ2n) is 8.33. The summed E-state index contributed by atoms with van der Waals surface area (Å²) in [6.07, 6.45) is -1.50. The quantitative estimate of drug-likeness (QED) is 0.326. The van der Waals surface area contributed by atoms with E-state index in [-0.39, 0.29) is 23.7 Å². The van der Waals surface area contributed by atoms with E-state index in [4.69, 9.17) is 27.9 Å². The Morgan fingerprint density at radius 2 is 1.84 bits per heavy atom. The molecule has 0 amide bonds. The van der Waals surface area contributed by atoms with Crippen molar-refractivity contribution >= 4 is 40.1 Å². The van der Waals surface area contributed by atoms with Crippen LogP contribution in [0.5, 0.6) is 5.75 Å². The Labute approximate surface area is 192 Å². The maximum atomic E-state index is 12.6. The molecule has 0 saturated carbocycles. The van der Waals surface area contributed by atoms with Crippen molar-refractivity contribution in [1.82, 2.24) is 9.97 Å². The van der Waals surface area contributed by atoms with E-state index < -0.39 is 17.9 Å². The van der Waals surface area contributed by atoms with Crippen molar-refractivity contribution in [2.75, 3.05) is 0 Å². The predicted molar refractivity (Wildman–Crippen MR) is 116 cm³/mol. The standard InChI is InChI=1S/C22H21Cl2F3N2O3/c1-11-5-14(31-22(25,26)27)8-16-18(11)12(9-28-16)6-15-19(23)13(10-29-20(15)24)7-17(30)32-21(2,3)4/h5,8-10,28H,6-7H2,1-4H3. The van der Waals surface area contributed by atoms with Crippen molar-refractivity contribution in [1.29, 1.82) is 0 Å². The Balaban J connectivity index is 1.92. The zero-order chi connectivity index (χ0) is 23.8. The monoisotopic (exact) mass is 488 g/mol. The van der Waals surface area contributed by atoms with Crippen molar-refractivity contribution in [2.45, 2.75) is 52.5 Å². The molecule has 0 spiro atoms. The van der Waals surface area contributed by atoms with E-state index in [1.807, 2.05) is 0 Å². The zero-order valence-corrected chi connectivity index (χ0v) is 19.3.